The highest BCUT2D eigenvalue weighted by Gasteiger charge is 2.09. The van der Waals surface area contributed by atoms with Gasteiger partial charge in [0.25, 0.3) is 0 Å². The van der Waals surface area contributed by atoms with Gasteiger partial charge < -0.3 is 14.6 Å². The topological polar surface area (TPSA) is 45.5 Å². The van der Waals surface area contributed by atoms with E-state index in [9.17, 15) is 4.79 Å². The van der Waals surface area contributed by atoms with Gasteiger partial charge in [-0.15, -0.1) is 0 Å². The molecule has 2 rings (SSSR count). The van der Waals surface area contributed by atoms with E-state index in [0.29, 0.717) is 6.54 Å². The molecule has 90 valence electrons. The standard InChI is InChI=1S/C13H16N2O2/c1-14(13(16)17)8-7-10-9-15(2)12-6-4-3-5-11(10)12/h3-6,9H,7-8H2,1-2H3,(H,16,17). The fourth-order valence-corrected chi connectivity index (χ4v) is 2.01. The Bertz CT molecular complexity index is 545. The predicted octanol–water partition coefficient (Wildman–Crippen LogP) is 2.33. The maximum atomic E-state index is 10.7. The van der Waals surface area contributed by atoms with E-state index in [2.05, 4.69) is 22.9 Å². The molecule has 0 aliphatic heterocycles. The molecule has 2 aromatic rings. The van der Waals surface area contributed by atoms with E-state index in [1.165, 1.54) is 21.4 Å². The minimum atomic E-state index is -0.884. The summed E-state index contributed by atoms with van der Waals surface area (Å²) in [5, 5.41) is 10.0. The third kappa shape index (κ3) is 2.25. The van der Waals surface area contributed by atoms with Crippen LogP contribution >= 0.6 is 0 Å². The van der Waals surface area contributed by atoms with Crippen LogP contribution in [0.15, 0.2) is 30.5 Å². The molecule has 1 heterocycles. The quantitative estimate of drug-likeness (QED) is 0.882. The number of hydrogen-bond acceptors (Lipinski definition) is 1. The lowest BCUT2D eigenvalue weighted by atomic mass is 10.1. The molecule has 1 aromatic heterocycles. The van der Waals surface area contributed by atoms with Crippen LogP contribution in [0.25, 0.3) is 10.9 Å². The van der Waals surface area contributed by atoms with Gasteiger partial charge in [0.15, 0.2) is 0 Å². The molecule has 0 spiro atoms. The van der Waals surface area contributed by atoms with Gasteiger partial charge in [0, 0.05) is 37.7 Å². The van der Waals surface area contributed by atoms with Crippen molar-refractivity contribution in [2.24, 2.45) is 7.05 Å². The van der Waals surface area contributed by atoms with Gasteiger partial charge >= 0.3 is 6.09 Å². The zero-order chi connectivity index (χ0) is 12.4. The Kier molecular flexibility index (Phi) is 3.04. The smallest absolute Gasteiger partial charge is 0.407 e. The van der Waals surface area contributed by atoms with E-state index in [0.717, 1.165) is 6.42 Å². The molecule has 1 N–H and O–H groups in total. The van der Waals surface area contributed by atoms with Crippen molar-refractivity contribution in [3.63, 3.8) is 0 Å². The number of fused-ring (bicyclic) bond motifs is 1. The average molecular weight is 232 g/mol. The minimum absolute atomic E-state index is 0.517. The molecule has 17 heavy (non-hydrogen) atoms. The molecule has 0 atom stereocenters. The van der Waals surface area contributed by atoms with Crippen molar-refractivity contribution in [2.45, 2.75) is 6.42 Å². The highest BCUT2D eigenvalue weighted by Crippen LogP contribution is 2.20. The SMILES string of the molecule is CN(CCc1cn(C)c2ccccc12)C(=O)O. The van der Waals surface area contributed by atoms with Crippen LogP contribution in [0.5, 0.6) is 0 Å². The summed E-state index contributed by atoms with van der Waals surface area (Å²) in [5.41, 5.74) is 2.37. The normalized spacial score (nSPS) is 10.7. The number of carbonyl (C=O) groups is 1. The molecule has 0 saturated heterocycles. The van der Waals surface area contributed by atoms with Gasteiger partial charge in [-0.3, -0.25) is 0 Å². The zero-order valence-electron chi connectivity index (χ0n) is 10.1. The first-order valence-electron chi connectivity index (χ1n) is 5.56. The van der Waals surface area contributed by atoms with Crippen LogP contribution in [0.2, 0.25) is 0 Å². The van der Waals surface area contributed by atoms with E-state index in [-0.39, 0.29) is 0 Å². The maximum absolute atomic E-state index is 10.7. The first-order valence-corrected chi connectivity index (χ1v) is 5.56. The van der Waals surface area contributed by atoms with Crippen molar-refractivity contribution >= 4 is 17.0 Å². The van der Waals surface area contributed by atoms with E-state index in [1.807, 2.05) is 19.2 Å². The molecule has 1 amide bonds. The monoisotopic (exact) mass is 232 g/mol. The summed E-state index contributed by atoms with van der Waals surface area (Å²) in [6, 6.07) is 8.16. The van der Waals surface area contributed by atoms with E-state index in [4.69, 9.17) is 5.11 Å². The maximum Gasteiger partial charge on any atom is 0.407 e. The van der Waals surface area contributed by atoms with Gasteiger partial charge in [-0.1, -0.05) is 18.2 Å². The van der Waals surface area contributed by atoms with Crippen LogP contribution in [0.3, 0.4) is 0 Å². The molecule has 0 saturated carbocycles. The predicted molar refractivity (Wildman–Crippen MR) is 67.3 cm³/mol. The van der Waals surface area contributed by atoms with Crippen molar-refractivity contribution in [3.05, 3.63) is 36.0 Å². The number of aryl methyl sites for hydroxylation is 1. The Balaban J connectivity index is 2.22. The molecule has 4 heteroatoms. The van der Waals surface area contributed by atoms with Gasteiger partial charge in [0.1, 0.15) is 0 Å². The Morgan fingerprint density at radius 3 is 2.82 bits per heavy atom. The highest BCUT2D eigenvalue weighted by molar-refractivity contribution is 5.83. The molecular weight excluding hydrogens is 216 g/mol. The second kappa shape index (κ2) is 4.49. The molecule has 0 bridgehead atoms. The number of hydrogen-bond donors (Lipinski definition) is 1. The fourth-order valence-electron chi connectivity index (χ4n) is 2.01. The Labute approximate surface area is 100 Å². The fraction of sp³-hybridized carbons (Fsp3) is 0.308. The number of benzene rings is 1. The summed E-state index contributed by atoms with van der Waals surface area (Å²) >= 11 is 0. The van der Waals surface area contributed by atoms with E-state index >= 15 is 0 Å². The molecule has 0 fully saturated rings. The number of rotatable bonds is 3. The van der Waals surface area contributed by atoms with Crippen LogP contribution in [-0.2, 0) is 13.5 Å². The highest BCUT2D eigenvalue weighted by atomic mass is 16.4. The number of aromatic nitrogens is 1. The number of para-hydroxylation sites is 1. The van der Waals surface area contributed by atoms with E-state index in [1.54, 1.807) is 7.05 Å². The summed E-state index contributed by atoms with van der Waals surface area (Å²) in [6.07, 6.45) is 1.93. The van der Waals surface area contributed by atoms with E-state index < -0.39 is 6.09 Å². The lowest BCUT2D eigenvalue weighted by Gasteiger charge is -2.11. The molecular formula is C13H16N2O2. The van der Waals surface area contributed by atoms with Crippen LogP contribution in [0.1, 0.15) is 5.56 Å². The molecule has 0 unspecified atom stereocenters. The third-order valence-electron chi connectivity index (χ3n) is 3.02. The van der Waals surface area contributed by atoms with Gasteiger partial charge in [-0.05, 0) is 18.1 Å². The second-order valence-electron chi connectivity index (χ2n) is 4.24. The van der Waals surface area contributed by atoms with Crippen LogP contribution < -0.4 is 0 Å². The van der Waals surface area contributed by atoms with Gasteiger partial charge in [0.05, 0.1) is 0 Å². The molecule has 1 aromatic carbocycles. The second-order valence-corrected chi connectivity index (χ2v) is 4.24. The largest absolute Gasteiger partial charge is 0.465 e. The lowest BCUT2D eigenvalue weighted by Crippen LogP contribution is -2.26. The Hall–Kier alpha value is -1.97. The zero-order valence-corrected chi connectivity index (χ0v) is 10.1. The third-order valence-corrected chi connectivity index (χ3v) is 3.02. The molecule has 0 radical (unpaired) electrons. The van der Waals surface area contributed by atoms with Crippen LogP contribution in [0, 0.1) is 0 Å². The van der Waals surface area contributed by atoms with Crippen LogP contribution in [-0.4, -0.2) is 34.3 Å². The van der Waals surface area contributed by atoms with Crippen molar-refractivity contribution in [3.8, 4) is 0 Å². The number of amides is 1. The first kappa shape index (κ1) is 11.5. The number of nitrogens with zero attached hydrogens (tertiary/aromatic N) is 2. The van der Waals surface area contributed by atoms with Crippen molar-refractivity contribution in [1.82, 2.24) is 9.47 Å². The first-order chi connectivity index (χ1) is 8.09. The number of likely N-dealkylation sites (N-methyl/N-ethyl adjacent to an activating group) is 1. The molecule has 4 nitrogen and oxygen atoms in total. The minimum Gasteiger partial charge on any atom is -0.465 e. The van der Waals surface area contributed by atoms with Crippen molar-refractivity contribution in [1.29, 1.82) is 0 Å². The summed E-state index contributed by atoms with van der Waals surface area (Å²) in [4.78, 5) is 12.0. The average Bonchev–Trinajstić information content (AvgIpc) is 2.64. The summed E-state index contributed by atoms with van der Waals surface area (Å²) in [7, 11) is 3.60. The van der Waals surface area contributed by atoms with Gasteiger partial charge in [-0.2, -0.15) is 0 Å². The van der Waals surface area contributed by atoms with Gasteiger partial charge in [0.2, 0.25) is 0 Å². The summed E-state index contributed by atoms with van der Waals surface area (Å²) in [5.74, 6) is 0. The summed E-state index contributed by atoms with van der Waals surface area (Å²) < 4.78 is 2.07. The lowest BCUT2D eigenvalue weighted by molar-refractivity contribution is 0.156. The van der Waals surface area contributed by atoms with Crippen molar-refractivity contribution < 1.29 is 9.90 Å². The number of carboxylic acid groups (broad SMARTS) is 1. The van der Waals surface area contributed by atoms with Gasteiger partial charge in [-0.25, -0.2) is 4.79 Å². The van der Waals surface area contributed by atoms with Crippen LogP contribution in [0.4, 0.5) is 4.79 Å². The molecule has 0 aliphatic rings. The summed E-state index contributed by atoms with van der Waals surface area (Å²) in [6.45, 7) is 0.517. The Morgan fingerprint density at radius 1 is 1.41 bits per heavy atom. The van der Waals surface area contributed by atoms with Crippen molar-refractivity contribution in [2.75, 3.05) is 13.6 Å². The Morgan fingerprint density at radius 2 is 2.12 bits per heavy atom. The molecule has 0 aliphatic carbocycles.